The monoisotopic (exact) mass is 281 g/mol. The summed E-state index contributed by atoms with van der Waals surface area (Å²) in [6.45, 7) is 5.37. The van der Waals surface area contributed by atoms with Crippen LogP contribution >= 0.6 is 0 Å². The van der Waals surface area contributed by atoms with Crippen molar-refractivity contribution in [2.45, 2.75) is 39.0 Å². The number of amides is 1. The molecule has 1 rings (SSSR count). The molecule has 0 bridgehead atoms. The summed E-state index contributed by atoms with van der Waals surface area (Å²) >= 11 is 0. The molecule has 0 fully saturated rings. The van der Waals surface area contributed by atoms with Crippen LogP contribution in [0.2, 0.25) is 0 Å². The SMILES string of the molecule is CC(C)OCc1ccc(C(=O)NC(C)(CO)CO)cc1. The number of aliphatic hydroxyl groups is 2. The second-order valence-corrected chi connectivity index (χ2v) is 5.39. The molecule has 20 heavy (non-hydrogen) atoms. The molecule has 0 aliphatic carbocycles. The van der Waals surface area contributed by atoms with Crippen LogP contribution in [-0.2, 0) is 11.3 Å². The zero-order valence-corrected chi connectivity index (χ0v) is 12.2. The predicted octanol–water partition coefficient (Wildman–Crippen LogP) is 1.08. The number of nitrogens with one attached hydrogen (secondary N) is 1. The molecule has 5 nitrogen and oxygen atoms in total. The number of rotatable bonds is 7. The van der Waals surface area contributed by atoms with Gasteiger partial charge in [0, 0.05) is 5.56 Å². The fraction of sp³-hybridized carbons (Fsp3) is 0.533. The van der Waals surface area contributed by atoms with Gasteiger partial charge < -0.3 is 20.3 Å². The minimum Gasteiger partial charge on any atom is -0.394 e. The number of carbonyl (C=O) groups excluding carboxylic acids is 1. The van der Waals surface area contributed by atoms with Crippen molar-refractivity contribution in [1.82, 2.24) is 5.32 Å². The molecule has 1 amide bonds. The first-order valence-corrected chi connectivity index (χ1v) is 6.65. The number of ether oxygens (including phenoxy) is 1. The van der Waals surface area contributed by atoms with Gasteiger partial charge in [0.25, 0.3) is 5.91 Å². The van der Waals surface area contributed by atoms with Crippen molar-refractivity contribution in [2.24, 2.45) is 0 Å². The van der Waals surface area contributed by atoms with Crippen molar-refractivity contribution in [2.75, 3.05) is 13.2 Å². The molecule has 0 spiro atoms. The van der Waals surface area contributed by atoms with Crippen molar-refractivity contribution in [1.29, 1.82) is 0 Å². The summed E-state index contributed by atoms with van der Waals surface area (Å²) in [5.74, 6) is -0.327. The molecule has 112 valence electrons. The van der Waals surface area contributed by atoms with E-state index in [2.05, 4.69) is 5.32 Å². The maximum absolute atomic E-state index is 12.0. The lowest BCUT2D eigenvalue weighted by atomic mass is 10.0. The Bertz CT molecular complexity index is 424. The van der Waals surface area contributed by atoms with Crippen LogP contribution in [0.5, 0.6) is 0 Å². The molecule has 0 radical (unpaired) electrons. The van der Waals surface area contributed by atoms with E-state index in [1.165, 1.54) is 0 Å². The van der Waals surface area contributed by atoms with Crippen molar-refractivity contribution >= 4 is 5.91 Å². The summed E-state index contributed by atoms with van der Waals surface area (Å²) in [7, 11) is 0. The third kappa shape index (κ3) is 4.92. The highest BCUT2D eigenvalue weighted by molar-refractivity contribution is 5.94. The van der Waals surface area contributed by atoms with Crippen LogP contribution < -0.4 is 5.32 Å². The van der Waals surface area contributed by atoms with Crippen molar-refractivity contribution in [3.8, 4) is 0 Å². The second kappa shape index (κ2) is 7.38. The highest BCUT2D eigenvalue weighted by Crippen LogP contribution is 2.09. The fourth-order valence-corrected chi connectivity index (χ4v) is 1.49. The van der Waals surface area contributed by atoms with Crippen LogP contribution in [0.4, 0.5) is 0 Å². The molecule has 0 saturated heterocycles. The Kier molecular flexibility index (Phi) is 6.13. The molecule has 0 heterocycles. The quantitative estimate of drug-likeness (QED) is 0.699. The Morgan fingerprint density at radius 1 is 1.25 bits per heavy atom. The second-order valence-electron chi connectivity index (χ2n) is 5.39. The summed E-state index contributed by atoms with van der Waals surface area (Å²) in [5.41, 5.74) is 0.449. The molecule has 1 aromatic rings. The number of hydrogen-bond donors (Lipinski definition) is 3. The molecule has 1 aromatic carbocycles. The van der Waals surface area contributed by atoms with Crippen LogP contribution in [-0.4, -0.2) is 41.0 Å². The summed E-state index contributed by atoms with van der Waals surface area (Å²) in [6, 6.07) is 7.05. The number of carbonyl (C=O) groups is 1. The highest BCUT2D eigenvalue weighted by Gasteiger charge is 2.24. The molecule has 0 aliphatic heterocycles. The first-order valence-electron chi connectivity index (χ1n) is 6.65. The van der Waals surface area contributed by atoms with E-state index in [9.17, 15) is 4.79 Å². The molecule has 0 unspecified atom stereocenters. The van der Waals surface area contributed by atoms with Crippen LogP contribution in [0.1, 0.15) is 36.7 Å². The third-order valence-corrected chi connectivity index (χ3v) is 2.91. The zero-order chi connectivity index (χ0) is 15.2. The van der Waals surface area contributed by atoms with E-state index in [1.807, 2.05) is 26.0 Å². The lowest BCUT2D eigenvalue weighted by molar-refractivity contribution is 0.0656. The van der Waals surface area contributed by atoms with Gasteiger partial charge in [0.2, 0.25) is 0 Å². The van der Waals surface area contributed by atoms with Crippen molar-refractivity contribution < 1.29 is 19.7 Å². The van der Waals surface area contributed by atoms with Crippen molar-refractivity contribution in [3.63, 3.8) is 0 Å². The molecule has 3 N–H and O–H groups in total. The van der Waals surface area contributed by atoms with Crippen LogP contribution in [0.3, 0.4) is 0 Å². The molecular formula is C15H23NO4. The number of aliphatic hydroxyl groups excluding tert-OH is 2. The Morgan fingerprint density at radius 3 is 2.25 bits per heavy atom. The average molecular weight is 281 g/mol. The van der Waals surface area contributed by atoms with Crippen molar-refractivity contribution in [3.05, 3.63) is 35.4 Å². The maximum Gasteiger partial charge on any atom is 0.251 e. The summed E-state index contributed by atoms with van der Waals surface area (Å²) in [4.78, 5) is 12.0. The van der Waals surface area contributed by atoms with E-state index in [4.69, 9.17) is 14.9 Å². The fourth-order valence-electron chi connectivity index (χ4n) is 1.49. The molecule has 0 aromatic heterocycles. The Balaban J connectivity index is 2.66. The largest absolute Gasteiger partial charge is 0.394 e. The lowest BCUT2D eigenvalue weighted by Crippen LogP contribution is -2.51. The van der Waals surface area contributed by atoms with E-state index < -0.39 is 5.54 Å². The Hall–Kier alpha value is -1.43. The Labute approximate surface area is 119 Å². The third-order valence-electron chi connectivity index (χ3n) is 2.91. The van der Waals surface area contributed by atoms with Gasteiger partial charge >= 0.3 is 0 Å². The first-order chi connectivity index (χ1) is 9.40. The minimum atomic E-state index is -1.02. The molecular weight excluding hydrogens is 258 g/mol. The van der Waals surface area contributed by atoms with Gasteiger partial charge in [-0.15, -0.1) is 0 Å². The first kappa shape index (κ1) is 16.6. The topological polar surface area (TPSA) is 78.8 Å². The van der Waals surface area contributed by atoms with Crippen LogP contribution in [0, 0.1) is 0 Å². The smallest absolute Gasteiger partial charge is 0.251 e. The highest BCUT2D eigenvalue weighted by atomic mass is 16.5. The van der Waals surface area contributed by atoms with Gasteiger partial charge in [0.1, 0.15) is 0 Å². The van der Waals surface area contributed by atoms with Gasteiger partial charge in [0.15, 0.2) is 0 Å². The molecule has 0 saturated carbocycles. The Morgan fingerprint density at radius 2 is 1.80 bits per heavy atom. The summed E-state index contributed by atoms with van der Waals surface area (Å²) in [6.07, 6.45) is 0.160. The standard InChI is InChI=1S/C15H23NO4/c1-11(2)20-8-12-4-6-13(7-5-12)14(19)16-15(3,9-17)10-18/h4-7,11,17-18H,8-10H2,1-3H3,(H,16,19). The molecule has 5 heteroatoms. The van der Waals surface area contributed by atoms with E-state index >= 15 is 0 Å². The van der Waals surface area contributed by atoms with Gasteiger partial charge in [-0.3, -0.25) is 4.79 Å². The molecule has 0 aliphatic rings. The zero-order valence-electron chi connectivity index (χ0n) is 12.2. The molecule has 0 atom stereocenters. The van der Waals surface area contributed by atoms with E-state index in [0.29, 0.717) is 12.2 Å². The van der Waals surface area contributed by atoms with E-state index in [-0.39, 0.29) is 25.2 Å². The van der Waals surface area contributed by atoms with Crippen LogP contribution in [0.25, 0.3) is 0 Å². The van der Waals surface area contributed by atoms with E-state index in [0.717, 1.165) is 5.56 Å². The predicted molar refractivity (Wildman–Crippen MR) is 76.4 cm³/mol. The normalized spacial score (nSPS) is 11.7. The summed E-state index contributed by atoms with van der Waals surface area (Å²) < 4.78 is 5.48. The minimum absolute atomic E-state index is 0.160. The van der Waals surface area contributed by atoms with Crippen LogP contribution in [0.15, 0.2) is 24.3 Å². The van der Waals surface area contributed by atoms with Gasteiger partial charge in [0.05, 0.1) is 31.5 Å². The van der Waals surface area contributed by atoms with Gasteiger partial charge in [-0.25, -0.2) is 0 Å². The number of hydrogen-bond acceptors (Lipinski definition) is 4. The van der Waals surface area contributed by atoms with Gasteiger partial charge in [-0.1, -0.05) is 12.1 Å². The van der Waals surface area contributed by atoms with Gasteiger partial charge in [-0.2, -0.15) is 0 Å². The maximum atomic E-state index is 12.0. The average Bonchev–Trinajstić information content (AvgIpc) is 2.45. The van der Waals surface area contributed by atoms with Gasteiger partial charge in [-0.05, 0) is 38.5 Å². The number of benzene rings is 1. The summed E-state index contributed by atoms with van der Waals surface area (Å²) in [5, 5.41) is 20.9. The van der Waals surface area contributed by atoms with E-state index in [1.54, 1.807) is 19.1 Å². The lowest BCUT2D eigenvalue weighted by Gasteiger charge is -2.26.